The molecule has 0 bridgehead atoms. The van der Waals surface area contributed by atoms with Gasteiger partial charge in [-0.15, -0.1) is 11.3 Å². The van der Waals surface area contributed by atoms with E-state index in [0.717, 1.165) is 16.3 Å². The van der Waals surface area contributed by atoms with Crippen molar-refractivity contribution >= 4 is 34.5 Å². The summed E-state index contributed by atoms with van der Waals surface area (Å²) < 4.78 is 0. The first kappa shape index (κ1) is 11.9. The molecule has 0 saturated heterocycles. The van der Waals surface area contributed by atoms with Gasteiger partial charge in [-0.2, -0.15) is 0 Å². The zero-order valence-electron chi connectivity index (χ0n) is 8.58. The normalized spacial score (nSPS) is 12.8. The first-order valence-corrected chi connectivity index (χ1v) is 6.34. The minimum Gasteiger partial charge on any atom is -0.318 e. The number of hydrogen-bond donors (Lipinski definition) is 1. The standard InChI is InChI=1S/C11H10Cl2N2S/c1-6-5-16-11(15-6)10(14)7-2-3-8(12)9(13)4-7/h2-5,10H,14H2,1H3. The molecule has 1 aromatic heterocycles. The summed E-state index contributed by atoms with van der Waals surface area (Å²) in [6.45, 7) is 1.95. The molecule has 0 aliphatic heterocycles. The number of nitrogens with zero attached hydrogens (tertiary/aromatic N) is 1. The predicted octanol–water partition coefficient (Wildman–Crippen LogP) is 3.81. The molecule has 0 saturated carbocycles. The second-order valence-electron chi connectivity index (χ2n) is 3.48. The van der Waals surface area contributed by atoms with Crippen LogP contribution >= 0.6 is 34.5 Å². The van der Waals surface area contributed by atoms with Crippen molar-refractivity contribution in [1.82, 2.24) is 4.98 Å². The molecule has 0 spiro atoms. The quantitative estimate of drug-likeness (QED) is 0.903. The summed E-state index contributed by atoms with van der Waals surface area (Å²) in [5.74, 6) is 0. The van der Waals surface area contributed by atoms with E-state index in [1.165, 1.54) is 0 Å². The smallest absolute Gasteiger partial charge is 0.114 e. The summed E-state index contributed by atoms with van der Waals surface area (Å²) >= 11 is 13.3. The summed E-state index contributed by atoms with van der Waals surface area (Å²) in [5, 5.41) is 3.92. The summed E-state index contributed by atoms with van der Waals surface area (Å²) in [6, 6.07) is 5.16. The Kier molecular flexibility index (Phi) is 3.50. The lowest BCUT2D eigenvalue weighted by atomic mass is 10.1. The van der Waals surface area contributed by atoms with E-state index in [-0.39, 0.29) is 6.04 Å². The van der Waals surface area contributed by atoms with Crippen molar-refractivity contribution in [2.45, 2.75) is 13.0 Å². The average Bonchev–Trinajstić information content (AvgIpc) is 2.68. The van der Waals surface area contributed by atoms with Crippen molar-refractivity contribution in [3.63, 3.8) is 0 Å². The van der Waals surface area contributed by atoms with Gasteiger partial charge in [-0.05, 0) is 24.6 Å². The molecule has 2 rings (SSSR count). The number of hydrogen-bond acceptors (Lipinski definition) is 3. The molecule has 1 heterocycles. The zero-order chi connectivity index (χ0) is 11.7. The highest BCUT2D eigenvalue weighted by Gasteiger charge is 2.13. The Morgan fingerprint density at radius 3 is 2.62 bits per heavy atom. The van der Waals surface area contributed by atoms with Crippen LogP contribution in [0.3, 0.4) is 0 Å². The van der Waals surface area contributed by atoms with Gasteiger partial charge in [0.2, 0.25) is 0 Å². The molecule has 16 heavy (non-hydrogen) atoms. The highest BCUT2D eigenvalue weighted by atomic mass is 35.5. The van der Waals surface area contributed by atoms with Crippen LogP contribution in [0.1, 0.15) is 22.3 Å². The second kappa shape index (κ2) is 4.72. The number of aryl methyl sites for hydroxylation is 1. The Morgan fingerprint density at radius 2 is 2.06 bits per heavy atom. The number of thiazole rings is 1. The van der Waals surface area contributed by atoms with Gasteiger partial charge in [-0.3, -0.25) is 0 Å². The Morgan fingerprint density at radius 1 is 1.31 bits per heavy atom. The van der Waals surface area contributed by atoms with E-state index >= 15 is 0 Å². The van der Waals surface area contributed by atoms with Crippen LogP contribution in [0.15, 0.2) is 23.6 Å². The maximum absolute atomic E-state index is 6.09. The summed E-state index contributed by atoms with van der Waals surface area (Å²) in [7, 11) is 0. The molecule has 2 aromatic rings. The van der Waals surface area contributed by atoms with Gasteiger partial charge in [0.1, 0.15) is 5.01 Å². The SMILES string of the molecule is Cc1csc(C(N)c2ccc(Cl)c(Cl)c2)n1. The highest BCUT2D eigenvalue weighted by molar-refractivity contribution is 7.09. The molecule has 0 fully saturated rings. The van der Waals surface area contributed by atoms with Gasteiger partial charge in [0, 0.05) is 11.1 Å². The van der Waals surface area contributed by atoms with E-state index in [4.69, 9.17) is 28.9 Å². The van der Waals surface area contributed by atoms with Crippen LogP contribution in [-0.2, 0) is 0 Å². The van der Waals surface area contributed by atoms with Crippen molar-refractivity contribution in [3.05, 3.63) is 49.9 Å². The molecule has 2 N–H and O–H groups in total. The zero-order valence-corrected chi connectivity index (χ0v) is 10.9. The van der Waals surface area contributed by atoms with Crippen LogP contribution in [0, 0.1) is 6.92 Å². The minimum absolute atomic E-state index is 0.242. The number of nitrogens with two attached hydrogens (primary N) is 1. The molecule has 84 valence electrons. The van der Waals surface area contributed by atoms with Gasteiger partial charge in [0.25, 0.3) is 0 Å². The summed E-state index contributed by atoms with van der Waals surface area (Å²) in [4.78, 5) is 4.36. The van der Waals surface area contributed by atoms with E-state index < -0.39 is 0 Å². The van der Waals surface area contributed by atoms with Gasteiger partial charge in [0.05, 0.1) is 16.1 Å². The fourth-order valence-corrected chi connectivity index (χ4v) is 2.49. The maximum atomic E-state index is 6.09. The molecule has 1 atom stereocenters. The number of benzene rings is 1. The maximum Gasteiger partial charge on any atom is 0.114 e. The largest absolute Gasteiger partial charge is 0.318 e. The molecule has 0 aliphatic rings. The van der Waals surface area contributed by atoms with Gasteiger partial charge in [-0.25, -0.2) is 4.98 Å². The summed E-state index contributed by atoms with van der Waals surface area (Å²) in [6.07, 6.45) is 0. The number of rotatable bonds is 2. The first-order chi connectivity index (χ1) is 7.58. The van der Waals surface area contributed by atoms with E-state index in [1.54, 1.807) is 23.5 Å². The topological polar surface area (TPSA) is 38.9 Å². The molecule has 5 heteroatoms. The van der Waals surface area contributed by atoms with E-state index in [1.807, 2.05) is 18.4 Å². The Hall–Kier alpha value is -0.610. The van der Waals surface area contributed by atoms with Crippen LogP contribution in [0.2, 0.25) is 10.0 Å². The van der Waals surface area contributed by atoms with Crippen molar-refractivity contribution in [2.24, 2.45) is 5.73 Å². The Labute approximate surface area is 108 Å². The van der Waals surface area contributed by atoms with Crippen molar-refractivity contribution in [1.29, 1.82) is 0 Å². The fraction of sp³-hybridized carbons (Fsp3) is 0.182. The van der Waals surface area contributed by atoms with Crippen LogP contribution < -0.4 is 5.73 Å². The third-order valence-corrected chi connectivity index (χ3v) is 3.99. The lowest BCUT2D eigenvalue weighted by Crippen LogP contribution is -2.11. The van der Waals surface area contributed by atoms with Crippen molar-refractivity contribution in [2.75, 3.05) is 0 Å². The third kappa shape index (κ3) is 2.38. The molecule has 0 aliphatic carbocycles. The van der Waals surface area contributed by atoms with E-state index in [9.17, 15) is 0 Å². The van der Waals surface area contributed by atoms with Crippen LogP contribution in [0.5, 0.6) is 0 Å². The average molecular weight is 273 g/mol. The minimum atomic E-state index is -0.242. The van der Waals surface area contributed by atoms with Crippen molar-refractivity contribution < 1.29 is 0 Å². The van der Waals surface area contributed by atoms with Gasteiger partial charge < -0.3 is 5.73 Å². The lowest BCUT2D eigenvalue weighted by molar-refractivity contribution is 0.852. The van der Waals surface area contributed by atoms with Crippen LogP contribution in [0.25, 0.3) is 0 Å². The number of halogens is 2. The van der Waals surface area contributed by atoms with Gasteiger partial charge >= 0.3 is 0 Å². The predicted molar refractivity (Wildman–Crippen MR) is 69.3 cm³/mol. The van der Waals surface area contributed by atoms with Gasteiger partial charge in [0.15, 0.2) is 0 Å². The Balaban J connectivity index is 2.33. The van der Waals surface area contributed by atoms with Crippen molar-refractivity contribution in [3.8, 4) is 0 Å². The number of aromatic nitrogens is 1. The molecule has 1 aromatic carbocycles. The van der Waals surface area contributed by atoms with Crippen LogP contribution in [-0.4, -0.2) is 4.98 Å². The Bertz CT molecular complexity index is 510. The first-order valence-electron chi connectivity index (χ1n) is 4.70. The van der Waals surface area contributed by atoms with E-state index in [0.29, 0.717) is 10.0 Å². The molecule has 2 nitrogen and oxygen atoms in total. The fourth-order valence-electron chi connectivity index (χ4n) is 1.36. The van der Waals surface area contributed by atoms with E-state index in [2.05, 4.69) is 4.98 Å². The second-order valence-corrected chi connectivity index (χ2v) is 5.18. The highest BCUT2D eigenvalue weighted by Crippen LogP contribution is 2.28. The monoisotopic (exact) mass is 272 g/mol. The molecule has 1 unspecified atom stereocenters. The van der Waals surface area contributed by atoms with Gasteiger partial charge in [-0.1, -0.05) is 29.3 Å². The molecular weight excluding hydrogens is 263 g/mol. The van der Waals surface area contributed by atoms with Crippen LogP contribution in [0.4, 0.5) is 0 Å². The summed E-state index contributed by atoms with van der Waals surface area (Å²) in [5.41, 5.74) is 8.00. The molecule has 0 amide bonds. The molecular formula is C11H10Cl2N2S. The molecule has 0 radical (unpaired) electrons. The lowest BCUT2D eigenvalue weighted by Gasteiger charge is -2.09. The third-order valence-electron chi connectivity index (χ3n) is 2.21.